The first-order valence-electron chi connectivity index (χ1n) is 8.97. The van der Waals surface area contributed by atoms with Crippen LogP contribution in [0.15, 0.2) is 29.3 Å². The number of benzene rings is 1. The van der Waals surface area contributed by atoms with Gasteiger partial charge in [-0.15, -0.1) is 24.0 Å². The third-order valence-corrected chi connectivity index (χ3v) is 4.08. The van der Waals surface area contributed by atoms with Crippen LogP contribution < -0.4 is 10.6 Å². The van der Waals surface area contributed by atoms with Gasteiger partial charge >= 0.3 is 0 Å². The first kappa shape index (κ1) is 21.7. The molecule has 1 aromatic carbocycles. The van der Waals surface area contributed by atoms with E-state index in [-0.39, 0.29) is 29.9 Å². The van der Waals surface area contributed by atoms with Crippen LogP contribution in [-0.4, -0.2) is 36.4 Å². The molecule has 0 aliphatic carbocycles. The second-order valence-corrected chi connectivity index (χ2v) is 6.66. The summed E-state index contributed by atoms with van der Waals surface area (Å²) in [7, 11) is 0. The highest BCUT2D eigenvalue weighted by Gasteiger charge is 2.20. The average Bonchev–Trinajstić information content (AvgIpc) is 2.96. The van der Waals surface area contributed by atoms with Crippen molar-refractivity contribution in [1.82, 2.24) is 15.5 Å². The van der Waals surface area contributed by atoms with Crippen LogP contribution in [0.5, 0.6) is 0 Å². The van der Waals surface area contributed by atoms with Crippen molar-refractivity contribution in [3.63, 3.8) is 0 Å². The Kier molecular flexibility index (Phi) is 9.85. The first-order valence-corrected chi connectivity index (χ1v) is 8.97. The Morgan fingerprint density at radius 2 is 1.96 bits per heavy atom. The molecule has 1 aliphatic rings. The quantitative estimate of drug-likeness (QED) is 0.375. The van der Waals surface area contributed by atoms with Crippen LogP contribution in [0.25, 0.3) is 0 Å². The third kappa shape index (κ3) is 7.22. The van der Waals surface area contributed by atoms with E-state index in [1.807, 2.05) is 17.0 Å². The standard InChI is InChI=1S/C19H30N4O.HI/c1-4-20-19(21-12-15(2)3)22-13-16-8-5-6-9-17(16)14-23-11-7-10-18(23)24;/h5-6,8-9,15H,4,7,10-14H2,1-3H3,(H2,20,21,22);1H. The summed E-state index contributed by atoms with van der Waals surface area (Å²) in [4.78, 5) is 18.5. The molecule has 5 nitrogen and oxygen atoms in total. The van der Waals surface area contributed by atoms with Crippen molar-refractivity contribution < 1.29 is 4.79 Å². The van der Waals surface area contributed by atoms with Crippen molar-refractivity contribution >= 4 is 35.8 Å². The van der Waals surface area contributed by atoms with Crippen molar-refractivity contribution in [1.29, 1.82) is 0 Å². The number of guanidine groups is 1. The maximum absolute atomic E-state index is 11.9. The molecule has 1 saturated heterocycles. The van der Waals surface area contributed by atoms with Crippen LogP contribution in [0.4, 0.5) is 0 Å². The number of rotatable bonds is 7. The van der Waals surface area contributed by atoms with Crippen molar-refractivity contribution in [2.24, 2.45) is 10.9 Å². The van der Waals surface area contributed by atoms with Crippen LogP contribution in [0.1, 0.15) is 44.7 Å². The molecule has 1 amide bonds. The number of likely N-dealkylation sites (tertiary alicyclic amines) is 1. The summed E-state index contributed by atoms with van der Waals surface area (Å²) in [6.45, 7) is 10.3. The number of carbonyl (C=O) groups is 1. The molecule has 1 aromatic rings. The van der Waals surface area contributed by atoms with Gasteiger partial charge in [0.15, 0.2) is 5.96 Å². The minimum atomic E-state index is 0. The maximum Gasteiger partial charge on any atom is 0.222 e. The minimum Gasteiger partial charge on any atom is -0.357 e. The van der Waals surface area contributed by atoms with Crippen molar-refractivity contribution in [2.45, 2.75) is 46.7 Å². The molecule has 0 saturated carbocycles. The molecule has 1 aliphatic heterocycles. The maximum atomic E-state index is 11.9. The normalized spacial score (nSPS) is 14.6. The van der Waals surface area contributed by atoms with Gasteiger partial charge in [0.05, 0.1) is 6.54 Å². The van der Waals surface area contributed by atoms with E-state index in [2.05, 4.69) is 43.5 Å². The molecule has 0 atom stereocenters. The van der Waals surface area contributed by atoms with Crippen LogP contribution >= 0.6 is 24.0 Å². The summed E-state index contributed by atoms with van der Waals surface area (Å²) in [5.41, 5.74) is 2.37. The molecule has 1 fully saturated rings. The number of hydrogen-bond acceptors (Lipinski definition) is 2. The number of nitrogens with one attached hydrogen (secondary N) is 2. The zero-order valence-corrected chi connectivity index (χ0v) is 17.9. The number of hydrogen-bond donors (Lipinski definition) is 2. The third-order valence-electron chi connectivity index (χ3n) is 4.08. The van der Waals surface area contributed by atoms with Gasteiger partial charge in [-0.1, -0.05) is 38.1 Å². The summed E-state index contributed by atoms with van der Waals surface area (Å²) < 4.78 is 0. The van der Waals surface area contributed by atoms with E-state index >= 15 is 0 Å². The molecular formula is C19H31IN4O. The predicted octanol–water partition coefficient (Wildman–Crippen LogP) is 3.14. The Balaban J connectivity index is 0.00000312. The van der Waals surface area contributed by atoms with Crippen LogP contribution in [0.3, 0.4) is 0 Å². The number of amides is 1. The summed E-state index contributed by atoms with van der Waals surface area (Å²) >= 11 is 0. The molecule has 0 unspecified atom stereocenters. The first-order chi connectivity index (χ1) is 11.6. The van der Waals surface area contributed by atoms with E-state index in [4.69, 9.17) is 4.99 Å². The van der Waals surface area contributed by atoms with Gasteiger partial charge in [0.25, 0.3) is 0 Å². The zero-order chi connectivity index (χ0) is 17.4. The Labute approximate surface area is 168 Å². The van der Waals surface area contributed by atoms with Gasteiger partial charge in [-0.2, -0.15) is 0 Å². The fourth-order valence-corrected chi connectivity index (χ4v) is 2.75. The van der Waals surface area contributed by atoms with Gasteiger partial charge in [-0.25, -0.2) is 4.99 Å². The molecule has 0 radical (unpaired) electrons. The van der Waals surface area contributed by atoms with Gasteiger partial charge in [0, 0.05) is 32.6 Å². The Morgan fingerprint density at radius 3 is 2.56 bits per heavy atom. The van der Waals surface area contributed by atoms with E-state index in [0.717, 1.165) is 32.0 Å². The Bertz CT molecular complexity index is 574. The fraction of sp³-hybridized carbons (Fsp3) is 0.579. The van der Waals surface area contributed by atoms with Gasteiger partial charge in [0.1, 0.15) is 0 Å². The molecule has 25 heavy (non-hydrogen) atoms. The lowest BCUT2D eigenvalue weighted by Crippen LogP contribution is -2.39. The monoisotopic (exact) mass is 458 g/mol. The van der Waals surface area contributed by atoms with Crippen LogP contribution in [-0.2, 0) is 17.9 Å². The average molecular weight is 458 g/mol. The van der Waals surface area contributed by atoms with E-state index < -0.39 is 0 Å². The topological polar surface area (TPSA) is 56.7 Å². The smallest absolute Gasteiger partial charge is 0.222 e. The van der Waals surface area contributed by atoms with E-state index in [0.29, 0.717) is 25.4 Å². The number of carbonyl (C=O) groups excluding carboxylic acids is 1. The van der Waals surface area contributed by atoms with Gasteiger partial charge in [-0.05, 0) is 30.4 Å². The lowest BCUT2D eigenvalue weighted by atomic mass is 10.1. The van der Waals surface area contributed by atoms with Gasteiger partial charge < -0.3 is 15.5 Å². The van der Waals surface area contributed by atoms with Crippen LogP contribution in [0.2, 0.25) is 0 Å². The Morgan fingerprint density at radius 1 is 1.24 bits per heavy atom. The van der Waals surface area contributed by atoms with E-state index in [1.54, 1.807) is 0 Å². The molecule has 2 rings (SSSR count). The van der Waals surface area contributed by atoms with Crippen LogP contribution in [0, 0.1) is 5.92 Å². The van der Waals surface area contributed by atoms with Crippen molar-refractivity contribution in [2.75, 3.05) is 19.6 Å². The molecule has 2 N–H and O–H groups in total. The number of aliphatic imine (C=N–C) groups is 1. The summed E-state index contributed by atoms with van der Waals surface area (Å²) in [6, 6.07) is 8.27. The summed E-state index contributed by atoms with van der Waals surface area (Å²) in [5, 5.41) is 6.65. The summed E-state index contributed by atoms with van der Waals surface area (Å²) in [5.74, 6) is 1.68. The number of nitrogens with zero attached hydrogens (tertiary/aromatic N) is 2. The highest BCUT2D eigenvalue weighted by molar-refractivity contribution is 14.0. The Hall–Kier alpha value is -1.31. The number of halogens is 1. The second-order valence-electron chi connectivity index (χ2n) is 6.66. The molecule has 0 aromatic heterocycles. The summed E-state index contributed by atoms with van der Waals surface area (Å²) in [6.07, 6.45) is 1.66. The van der Waals surface area contributed by atoms with E-state index in [1.165, 1.54) is 11.1 Å². The van der Waals surface area contributed by atoms with Gasteiger partial charge in [0.2, 0.25) is 5.91 Å². The second kappa shape index (κ2) is 11.3. The predicted molar refractivity (Wildman–Crippen MR) is 114 cm³/mol. The molecule has 1 heterocycles. The molecule has 6 heteroatoms. The molecular weight excluding hydrogens is 427 g/mol. The largest absolute Gasteiger partial charge is 0.357 e. The zero-order valence-electron chi connectivity index (χ0n) is 15.5. The molecule has 0 bridgehead atoms. The SMILES string of the molecule is CCNC(=NCc1ccccc1CN1CCCC1=O)NCC(C)C.I. The van der Waals surface area contributed by atoms with E-state index in [9.17, 15) is 4.79 Å². The minimum absolute atomic E-state index is 0. The fourth-order valence-electron chi connectivity index (χ4n) is 2.75. The highest BCUT2D eigenvalue weighted by atomic mass is 127. The van der Waals surface area contributed by atoms with Crippen molar-refractivity contribution in [3.05, 3.63) is 35.4 Å². The molecule has 140 valence electrons. The van der Waals surface area contributed by atoms with Crippen molar-refractivity contribution in [3.8, 4) is 0 Å². The lowest BCUT2D eigenvalue weighted by Gasteiger charge is -2.18. The lowest BCUT2D eigenvalue weighted by molar-refractivity contribution is -0.128. The molecule has 0 spiro atoms. The highest BCUT2D eigenvalue weighted by Crippen LogP contribution is 2.17. The van der Waals surface area contributed by atoms with Gasteiger partial charge in [-0.3, -0.25) is 4.79 Å².